The molecule has 6 nitrogen and oxygen atoms in total. The second kappa shape index (κ2) is 6.05. The fourth-order valence-corrected chi connectivity index (χ4v) is 3.32. The topological polar surface area (TPSA) is 63.9 Å². The highest BCUT2D eigenvalue weighted by atomic mass is 32.1. The van der Waals surface area contributed by atoms with Crippen LogP contribution in [0.4, 0.5) is 0 Å². The van der Waals surface area contributed by atoms with E-state index in [-0.39, 0.29) is 23.3 Å². The van der Waals surface area contributed by atoms with E-state index in [1.165, 1.54) is 11.3 Å². The van der Waals surface area contributed by atoms with Crippen molar-refractivity contribution >= 4 is 22.2 Å². The molecular formula is C16H21N3O3S. The van der Waals surface area contributed by atoms with Gasteiger partial charge in [-0.3, -0.25) is 14.0 Å². The van der Waals surface area contributed by atoms with Crippen LogP contribution in [0.25, 0.3) is 4.96 Å². The second-order valence-corrected chi connectivity index (χ2v) is 7.60. The van der Waals surface area contributed by atoms with Crippen LogP contribution < -0.4 is 5.56 Å². The summed E-state index contributed by atoms with van der Waals surface area (Å²) < 4.78 is 6.81. The maximum atomic E-state index is 12.6. The van der Waals surface area contributed by atoms with Gasteiger partial charge in [-0.2, -0.15) is 0 Å². The molecule has 3 rings (SSSR count). The minimum Gasteiger partial charge on any atom is -0.378 e. The number of ether oxygens (including phenoxy) is 1. The highest BCUT2D eigenvalue weighted by Crippen LogP contribution is 2.22. The summed E-state index contributed by atoms with van der Waals surface area (Å²) in [6.07, 6.45) is 1.92. The number of carbonyl (C=O) groups excluding carboxylic acids is 1. The number of rotatable bonds is 2. The van der Waals surface area contributed by atoms with Gasteiger partial charge in [0.1, 0.15) is 0 Å². The summed E-state index contributed by atoms with van der Waals surface area (Å²) in [6, 6.07) is 0. The normalized spacial score (nSPS) is 16.0. The second-order valence-electron chi connectivity index (χ2n) is 6.76. The molecule has 2 aromatic heterocycles. The molecule has 23 heavy (non-hydrogen) atoms. The molecule has 0 unspecified atom stereocenters. The van der Waals surface area contributed by atoms with E-state index in [9.17, 15) is 9.59 Å². The number of hydrogen-bond acceptors (Lipinski definition) is 5. The van der Waals surface area contributed by atoms with Crippen molar-refractivity contribution in [2.75, 3.05) is 26.3 Å². The third-order valence-corrected chi connectivity index (χ3v) is 4.85. The van der Waals surface area contributed by atoms with Gasteiger partial charge in [0.15, 0.2) is 4.96 Å². The first kappa shape index (κ1) is 16.1. The average Bonchev–Trinajstić information content (AvgIpc) is 2.96. The van der Waals surface area contributed by atoms with Crippen molar-refractivity contribution in [2.45, 2.75) is 32.6 Å². The smallest absolute Gasteiger partial charge is 0.261 e. The summed E-state index contributed by atoms with van der Waals surface area (Å²) in [4.78, 5) is 31.9. The Labute approximate surface area is 138 Å². The zero-order valence-corrected chi connectivity index (χ0v) is 14.5. The van der Waals surface area contributed by atoms with E-state index in [4.69, 9.17) is 4.74 Å². The van der Waals surface area contributed by atoms with Gasteiger partial charge in [-0.05, 0) is 0 Å². The van der Waals surface area contributed by atoms with Gasteiger partial charge in [-0.25, -0.2) is 4.98 Å². The number of amides is 1. The Morgan fingerprint density at radius 1 is 1.35 bits per heavy atom. The van der Waals surface area contributed by atoms with Crippen molar-refractivity contribution in [3.8, 4) is 0 Å². The van der Waals surface area contributed by atoms with E-state index in [1.54, 1.807) is 20.9 Å². The van der Waals surface area contributed by atoms with E-state index in [0.29, 0.717) is 36.8 Å². The van der Waals surface area contributed by atoms with Gasteiger partial charge >= 0.3 is 0 Å². The molecule has 0 aromatic carbocycles. The predicted molar refractivity (Wildman–Crippen MR) is 89.1 cm³/mol. The van der Waals surface area contributed by atoms with Gasteiger partial charge < -0.3 is 9.64 Å². The molecule has 1 fully saturated rings. The highest BCUT2D eigenvalue weighted by Gasteiger charge is 2.21. The van der Waals surface area contributed by atoms with Crippen molar-refractivity contribution in [2.24, 2.45) is 0 Å². The van der Waals surface area contributed by atoms with Crippen molar-refractivity contribution in [1.29, 1.82) is 0 Å². The molecular weight excluding hydrogens is 314 g/mol. The van der Waals surface area contributed by atoms with E-state index < -0.39 is 0 Å². The first-order valence-electron chi connectivity index (χ1n) is 7.72. The number of imidazole rings is 1. The maximum Gasteiger partial charge on any atom is 0.261 e. The average molecular weight is 335 g/mol. The lowest BCUT2D eigenvalue weighted by atomic mass is 9.93. The summed E-state index contributed by atoms with van der Waals surface area (Å²) in [5, 5.41) is 1.76. The lowest BCUT2D eigenvalue weighted by Crippen LogP contribution is -2.42. The first-order valence-corrected chi connectivity index (χ1v) is 8.60. The number of nitrogens with zero attached hydrogens (tertiary/aromatic N) is 3. The molecule has 0 aliphatic carbocycles. The summed E-state index contributed by atoms with van der Waals surface area (Å²) in [5.41, 5.74) is 1.14. The van der Waals surface area contributed by atoms with Crippen molar-refractivity contribution in [3.63, 3.8) is 0 Å². The van der Waals surface area contributed by atoms with Crippen LogP contribution in [-0.4, -0.2) is 46.5 Å². The number of morpholine rings is 1. The Bertz CT molecular complexity index is 782. The lowest BCUT2D eigenvalue weighted by molar-refractivity contribution is -0.134. The minimum absolute atomic E-state index is 0.0203. The number of carbonyl (C=O) groups is 1. The molecule has 0 N–H and O–H groups in total. The molecule has 7 heteroatoms. The Morgan fingerprint density at radius 2 is 2.04 bits per heavy atom. The molecule has 2 aromatic rings. The van der Waals surface area contributed by atoms with Gasteiger partial charge in [0.2, 0.25) is 5.91 Å². The maximum absolute atomic E-state index is 12.6. The molecule has 0 saturated carbocycles. The van der Waals surface area contributed by atoms with Crippen molar-refractivity contribution < 1.29 is 9.53 Å². The largest absolute Gasteiger partial charge is 0.378 e. The van der Waals surface area contributed by atoms with E-state index >= 15 is 0 Å². The fourth-order valence-electron chi connectivity index (χ4n) is 2.49. The Morgan fingerprint density at radius 3 is 2.70 bits per heavy atom. The van der Waals surface area contributed by atoms with Crippen LogP contribution in [0.15, 0.2) is 16.4 Å². The summed E-state index contributed by atoms with van der Waals surface area (Å²) in [5.74, 6) is -0.0203. The molecule has 0 bridgehead atoms. The molecule has 1 aliphatic heterocycles. The molecule has 124 valence electrons. The first-order chi connectivity index (χ1) is 10.9. The summed E-state index contributed by atoms with van der Waals surface area (Å²) >= 11 is 1.40. The Kier molecular flexibility index (Phi) is 4.25. The standard InChI is InChI=1S/C16H21N3O3S/c1-16(2,3)12-9-19-14(21)11(10-23-15(19)17-12)8-13(20)18-4-6-22-7-5-18/h9-10H,4-8H2,1-3H3. The monoisotopic (exact) mass is 335 g/mol. The third kappa shape index (κ3) is 3.30. The quantitative estimate of drug-likeness (QED) is 0.833. The van der Waals surface area contributed by atoms with E-state index in [0.717, 1.165) is 5.69 Å². The summed E-state index contributed by atoms with van der Waals surface area (Å²) in [6.45, 7) is 8.50. The van der Waals surface area contributed by atoms with E-state index in [1.807, 2.05) is 0 Å². The molecule has 0 radical (unpaired) electrons. The summed E-state index contributed by atoms with van der Waals surface area (Å²) in [7, 11) is 0. The molecule has 1 saturated heterocycles. The minimum atomic E-state index is -0.150. The molecule has 0 atom stereocenters. The predicted octanol–water partition coefficient (Wildman–Crippen LogP) is 1.45. The molecule has 1 amide bonds. The van der Waals surface area contributed by atoms with Crippen LogP contribution in [0, 0.1) is 0 Å². The van der Waals surface area contributed by atoms with Gasteiger partial charge in [0.05, 0.1) is 25.3 Å². The zero-order valence-electron chi connectivity index (χ0n) is 13.7. The van der Waals surface area contributed by atoms with Crippen LogP contribution in [0.3, 0.4) is 0 Å². The highest BCUT2D eigenvalue weighted by molar-refractivity contribution is 7.14. The third-order valence-electron chi connectivity index (χ3n) is 3.95. The fraction of sp³-hybridized carbons (Fsp3) is 0.562. The molecule has 1 aliphatic rings. The Hall–Kier alpha value is -1.73. The van der Waals surface area contributed by atoms with E-state index in [2.05, 4.69) is 25.8 Å². The zero-order chi connectivity index (χ0) is 16.6. The number of fused-ring (bicyclic) bond motifs is 1. The van der Waals surface area contributed by atoms with Crippen LogP contribution in [0.1, 0.15) is 32.0 Å². The number of hydrogen-bond donors (Lipinski definition) is 0. The van der Waals surface area contributed by atoms with Crippen LogP contribution in [0.2, 0.25) is 0 Å². The van der Waals surface area contributed by atoms with Gasteiger partial charge in [-0.15, -0.1) is 11.3 Å². The van der Waals surface area contributed by atoms with Crippen LogP contribution in [0.5, 0.6) is 0 Å². The SMILES string of the molecule is CC(C)(C)c1cn2c(=O)c(CC(=O)N3CCOCC3)csc2n1. The number of aromatic nitrogens is 2. The lowest BCUT2D eigenvalue weighted by Gasteiger charge is -2.26. The van der Waals surface area contributed by atoms with Crippen LogP contribution >= 0.6 is 11.3 Å². The van der Waals surface area contributed by atoms with Gasteiger partial charge in [0.25, 0.3) is 5.56 Å². The van der Waals surface area contributed by atoms with Crippen LogP contribution in [-0.2, 0) is 21.4 Å². The van der Waals surface area contributed by atoms with Gasteiger partial charge in [-0.1, -0.05) is 20.8 Å². The van der Waals surface area contributed by atoms with Gasteiger partial charge in [0, 0.05) is 35.6 Å². The van der Waals surface area contributed by atoms with Crippen molar-refractivity contribution in [1.82, 2.24) is 14.3 Å². The molecule has 3 heterocycles. The molecule has 0 spiro atoms. The van der Waals surface area contributed by atoms with Crippen molar-refractivity contribution in [3.05, 3.63) is 33.2 Å². The Balaban J connectivity index is 1.88.